The van der Waals surface area contributed by atoms with Crippen LogP contribution in [0.2, 0.25) is 5.02 Å². The number of imide groups is 1. The van der Waals surface area contributed by atoms with Crippen molar-refractivity contribution in [2.45, 2.75) is 83.3 Å². The highest BCUT2D eigenvalue weighted by Crippen LogP contribution is 2.38. The quantitative estimate of drug-likeness (QED) is 0.134. The molecule has 4 aliphatic heterocycles. The van der Waals surface area contributed by atoms with E-state index < -0.39 is 11.9 Å². The molecule has 6 heterocycles. The van der Waals surface area contributed by atoms with Crippen molar-refractivity contribution in [3.63, 3.8) is 0 Å². The Hall–Kier alpha value is -5.71. The molecule has 64 heavy (non-hydrogen) atoms. The van der Waals surface area contributed by atoms with Gasteiger partial charge in [-0.1, -0.05) is 43.6 Å². The fourth-order valence-corrected chi connectivity index (χ4v) is 11.0. The van der Waals surface area contributed by atoms with E-state index in [1.165, 1.54) is 12.8 Å². The number of nitrogens with zero attached hydrogens (tertiary/aromatic N) is 8. The Kier molecular flexibility index (Phi) is 12.5. The number of para-hydroxylation sites is 1. The summed E-state index contributed by atoms with van der Waals surface area (Å²) in [4.78, 5) is 55.0. The molecule has 0 radical (unpaired) electrons. The Morgan fingerprint density at radius 1 is 0.844 bits per heavy atom. The summed E-state index contributed by atoms with van der Waals surface area (Å²) < 4.78 is 9.42. The van der Waals surface area contributed by atoms with E-state index in [1.807, 2.05) is 48.7 Å². The van der Waals surface area contributed by atoms with Gasteiger partial charge in [-0.15, -0.1) is 0 Å². The highest BCUT2D eigenvalue weighted by molar-refractivity contribution is 6.30. The minimum atomic E-state index is -0.681. The molecule has 0 bridgehead atoms. The van der Waals surface area contributed by atoms with Crippen LogP contribution in [-0.2, 0) is 28.7 Å². The normalized spacial score (nSPS) is 19.8. The Balaban J connectivity index is 0.718. The first-order valence-electron chi connectivity index (χ1n) is 23.0. The Morgan fingerprint density at radius 2 is 1.55 bits per heavy atom. The lowest BCUT2D eigenvalue weighted by atomic mass is 9.78. The first kappa shape index (κ1) is 43.5. The summed E-state index contributed by atoms with van der Waals surface area (Å²) in [6.07, 6.45) is 9.44. The second kappa shape index (κ2) is 18.4. The first-order chi connectivity index (χ1) is 30.9. The molecule has 0 saturated carbocycles. The van der Waals surface area contributed by atoms with Gasteiger partial charge in [-0.2, -0.15) is 5.26 Å². The fraction of sp³-hybridized carbons (Fsp3) is 0.480. The predicted octanol–water partition coefficient (Wildman–Crippen LogP) is 7.38. The number of rotatable bonds is 11. The average Bonchev–Trinajstić information content (AvgIpc) is 3.57. The molecular weight excluding hydrogens is 826 g/mol. The van der Waals surface area contributed by atoms with Gasteiger partial charge < -0.3 is 19.4 Å². The van der Waals surface area contributed by atoms with Crippen LogP contribution < -0.4 is 25.5 Å². The van der Waals surface area contributed by atoms with Gasteiger partial charge in [0, 0.05) is 62.8 Å². The van der Waals surface area contributed by atoms with E-state index in [1.54, 1.807) is 22.2 Å². The van der Waals surface area contributed by atoms with Gasteiger partial charge >= 0.3 is 5.69 Å². The SMILES string of the molecule is Cn1c(=O)n(C2CCC(=O)NC2=O)c2cccc(N3CCC(C4CCN(CC5CCN(c6nccc(COc7ccc(C(C)(C)c8cc(Cl)cc(C#N)c8)cc7)n6)CC5)CC4)CC3)c21. The standard InChI is InChI=1S/C50H58ClN9O4/c1-50(2,38-27-34(30-52)28-39(51)29-38)37-7-9-41(10-8-37)64-32-40-13-20-53-48(54-40)59-23-14-33(15-24-59)31-57-21-16-35(17-22-57)36-18-25-58(26-19-36)42-5-4-6-43-46(42)56(3)49(63)60(43)44-11-12-45(61)55-47(44)62/h4-10,13,20,27-29,33,35-36,44H,11-12,14-19,21-26,31-32H2,1-3H3,(H,55,61,62). The number of imidazole rings is 1. The lowest BCUT2D eigenvalue weighted by Crippen LogP contribution is -2.44. The van der Waals surface area contributed by atoms with E-state index >= 15 is 0 Å². The Morgan fingerprint density at radius 3 is 2.25 bits per heavy atom. The third kappa shape index (κ3) is 9.00. The number of likely N-dealkylation sites (tertiary alicyclic amines) is 1. The van der Waals surface area contributed by atoms with Crippen molar-refractivity contribution >= 4 is 46.1 Å². The van der Waals surface area contributed by atoms with Crippen LogP contribution in [0.5, 0.6) is 5.75 Å². The van der Waals surface area contributed by atoms with Gasteiger partial charge in [0.15, 0.2) is 0 Å². The third-order valence-electron chi connectivity index (χ3n) is 14.6. The number of benzene rings is 3. The molecule has 334 valence electrons. The van der Waals surface area contributed by atoms with Crippen molar-refractivity contribution in [1.82, 2.24) is 29.3 Å². The lowest BCUT2D eigenvalue weighted by Gasteiger charge is -2.42. The highest BCUT2D eigenvalue weighted by atomic mass is 35.5. The van der Waals surface area contributed by atoms with Crippen molar-refractivity contribution in [3.8, 4) is 11.8 Å². The molecule has 14 heteroatoms. The molecule has 4 aliphatic rings. The van der Waals surface area contributed by atoms with E-state index in [2.05, 4.69) is 63.1 Å². The zero-order chi connectivity index (χ0) is 44.5. The average molecular weight is 885 g/mol. The molecular formula is C50H58ClN9O4. The van der Waals surface area contributed by atoms with Crippen LogP contribution in [0, 0.1) is 29.1 Å². The summed E-state index contributed by atoms with van der Waals surface area (Å²) in [6.45, 7) is 11.9. The van der Waals surface area contributed by atoms with Crippen molar-refractivity contribution in [2.75, 3.05) is 55.6 Å². The maximum Gasteiger partial charge on any atom is 0.329 e. The number of nitrogens with one attached hydrogen (secondary N) is 1. The van der Waals surface area contributed by atoms with E-state index in [9.17, 15) is 19.6 Å². The van der Waals surface area contributed by atoms with Crippen LogP contribution in [-0.4, -0.2) is 81.6 Å². The first-order valence-corrected chi connectivity index (χ1v) is 23.3. The number of aryl methyl sites for hydroxylation is 1. The van der Waals surface area contributed by atoms with E-state index in [0.29, 0.717) is 35.4 Å². The number of amides is 2. The number of halogens is 1. The molecule has 9 rings (SSSR count). The number of ether oxygens (including phenoxy) is 1. The van der Waals surface area contributed by atoms with E-state index in [-0.39, 0.29) is 23.4 Å². The second-order valence-electron chi connectivity index (χ2n) is 18.8. The molecule has 2 aromatic heterocycles. The number of fused-ring (bicyclic) bond motifs is 1. The molecule has 1 unspecified atom stereocenters. The summed E-state index contributed by atoms with van der Waals surface area (Å²) >= 11 is 6.32. The van der Waals surface area contributed by atoms with Crippen LogP contribution in [0.4, 0.5) is 11.6 Å². The zero-order valence-electron chi connectivity index (χ0n) is 37.1. The molecule has 3 aromatic carbocycles. The maximum absolute atomic E-state index is 13.5. The Bertz CT molecular complexity index is 2610. The maximum atomic E-state index is 13.5. The third-order valence-corrected chi connectivity index (χ3v) is 14.8. The van der Waals surface area contributed by atoms with Gasteiger partial charge in [0.2, 0.25) is 17.8 Å². The van der Waals surface area contributed by atoms with Gasteiger partial charge in [0.1, 0.15) is 18.4 Å². The number of aromatic nitrogens is 4. The number of hydrogen-bond acceptors (Lipinski definition) is 10. The molecule has 5 aromatic rings. The molecule has 0 aliphatic carbocycles. The molecule has 1 N–H and O–H groups in total. The van der Waals surface area contributed by atoms with Crippen LogP contribution in [0.15, 0.2) is 77.7 Å². The van der Waals surface area contributed by atoms with E-state index in [4.69, 9.17) is 21.3 Å². The second-order valence-corrected chi connectivity index (χ2v) is 19.3. The zero-order valence-corrected chi connectivity index (χ0v) is 37.9. The largest absolute Gasteiger partial charge is 0.487 e. The molecule has 13 nitrogen and oxygen atoms in total. The monoisotopic (exact) mass is 883 g/mol. The summed E-state index contributed by atoms with van der Waals surface area (Å²) in [5.74, 6) is 2.97. The van der Waals surface area contributed by atoms with Gasteiger partial charge in [-0.25, -0.2) is 14.8 Å². The van der Waals surface area contributed by atoms with Gasteiger partial charge in [0.25, 0.3) is 0 Å². The van der Waals surface area contributed by atoms with Crippen molar-refractivity contribution in [1.29, 1.82) is 5.26 Å². The van der Waals surface area contributed by atoms with Crippen LogP contribution in [0.3, 0.4) is 0 Å². The minimum absolute atomic E-state index is 0.223. The molecule has 4 saturated heterocycles. The van der Waals surface area contributed by atoms with Crippen LogP contribution in [0.1, 0.15) is 93.6 Å². The van der Waals surface area contributed by atoms with Crippen LogP contribution in [0.25, 0.3) is 11.0 Å². The molecule has 2 amide bonds. The predicted molar refractivity (Wildman–Crippen MR) is 249 cm³/mol. The molecule has 0 spiro atoms. The van der Waals surface area contributed by atoms with Crippen molar-refractivity contribution in [2.24, 2.45) is 24.8 Å². The van der Waals surface area contributed by atoms with Crippen molar-refractivity contribution < 1.29 is 14.3 Å². The summed E-state index contributed by atoms with van der Waals surface area (Å²) in [5.41, 5.74) is 5.56. The summed E-state index contributed by atoms with van der Waals surface area (Å²) in [5, 5.41) is 12.4. The minimum Gasteiger partial charge on any atom is -0.487 e. The number of piperidine rings is 4. The number of nitriles is 1. The Labute approximate surface area is 380 Å². The smallest absolute Gasteiger partial charge is 0.329 e. The number of anilines is 2. The summed E-state index contributed by atoms with van der Waals surface area (Å²) in [7, 11) is 1.79. The summed E-state index contributed by atoms with van der Waals surface area (Å²) in [6, 6.07) is 23.0. The number of hydrogen-bond donors (Lipinski definition) is 1. The van der Waals surface area contributed by atoms with Crippen LogP contribution >= 0.6 is 11.6 Å². The fourth-order valence-electron chi connectivity index (χ4n) is 10.7. The number of carbonyl (C=O) groups excluding carboxylic acids is 2. The van der Waals surface area contributed by atoms with E-state index in [0.717, 1.165) is 123 Å². The lowest BCUT2D eigenvalue weighted by molar-refractivity contribution is -0.135. The molecule has 4 fully saturated rings. The van der Waals surface area contributed by atoms with Gasteiger partial charge in [0.05, 0.1) is 34.0 Å². The van der Waals surface area contributed by atoms with Gasteiger partial charge in [-0.3, -0.25) is 24.0 Å². The van der Waals surface area contributed by atoms with Gasteiger partial charge in [-0.05, 0) is 135 Å². The van der Waals surface area contributed by atoms with Crippen molar-refractivity contribution in [3.05, 3.63) is 111 Å². The topological polar surface area (TPSA) is 142 Å². The number of carbonyl (C=O) groups is 2. The molecule has 1 atom stereocenters. The highest BCUT2D eigenvalue weighted by Gasteiger charge is 2.35.